The minimum atomic E-state index is -0.445. The van der Waals surface area contributed by atoms with Gasteiger partial charge in [-0.05, 0) is 19.1 Å². The molecule has 98 valence electrons. The molecule has 0 aliphatic heterocycles. The lowest BCUT2D eigenvalue weighted by Gasteiger charge is -2.02. The van der Waals surface area contributed by atoms with Crippen molar-refractivity contribution in [3.63, 3.8) is 0 Å². The van der Waals surface area contributed by atoms with Gasteiger partial charge in [0.15, 0.2) is 6.29 Å². The van der Waals surface area contributed by atoms with Gasteiger partial charge in [0.25, 0.3) is 5.69 Å². The Morgan fingerprint density at radius 1 is 1.37 bits per heavy atom. The molecule has 0 fully saturated rings. The molecule has 0 aliphatic rings. The van der Waals surface area contributed by atoms with E-state index in [9.17, 15) is 14.9 Å². The third-order valence-corrected chi connectivity index (χ3v) is 3.78. The first-order valence-electron chi connectivity index (χ1n) is 5.44. The first-order valence-corrected chi connectivity index (χ1v) is 6.25. The molecule has 2 aromatic rings. The molecule has 2 rings (SSSR count). The number of aryl methyl sites for hydroxylation is 2. The summed E-state index contributed by atoms with van der Waals surface area (Å²) < 4.78 is 1.63. The summed E-state index contributed by atoms with van der Waals surface area (Å²) in [5, 5.41) is 15.5. The van der Waals surface area contributed by atoms with Crippen LogP contribution in [0.1, 0.15) is 16.1 Å². The van der Waals surface area contributed by atoms with Gasteiger partial charge in [-0.2, -0.15) is 5.10 Å². The second-order valence-corrected chi connectivity index (χ2v) is 4.96. The molecule has 6 nitrogen and oxygen atoms in total. The predicted octanol–water partition coefficient (Wildman–Crippen LogP) is 2.60. The molecule has 0 N–H and O–H groups in total. The van der Waals surface area contributed by atoms with Gasteiger partial charge < -0.3 is 0 Å². The Labute approximate surface area is 113 Å². The number of aldehydes is 1. The molecule has 1 aromatic carbocycles. The Hall–Kier alpha value is -2.15. The van der Waals surface area contributed by atoms with E-state index in [4.69, 9.17) is 0 Å². The average molecular weight is 277 g/mol. The standard InChI is InChI=1S/C12H11N3O3S/c1-8-11(7-16)12(14(2)13-8)19-10-5-3-9(4-6-10)15(17)18/h3-7H,1-2H3. The SMILES string of the molecule is Cc1nn(C)c(Sc2ccc([N+](=O)[O-])cc2)c1C=O. The van der Waals surface area contributed by atoms with Crippen LogP contribution in [-0.2, 0) is 7.05 Å². The molecule has 0 saturated heterocycles. The monoisotopic (exact) mass is 277 g/mol. The lowest BCUT2D eigenvalue weighted by atomic mass is 10.3. The number of rotatable bonds is 4. The van der Waals surface area contributed by atoms with Gasteiger partial charge in [0.2, 0.25) is 0 Å². The number of nitrogens with zero attached hydrogens (tertiary/aromatic N) is 3. The highest BCUT2D eigenvalue weighted by Crippen LogP contribution is 2.31. The van der Waals surface area contributed by atoms with Crippen molar-refractivity contribution in [3.8, 4) is 0 Å². The van der Waals surface area contributed by atoms with Gasteiger partial charge in [-0.1, -0.05) is 11.8 Å². The molecule has 0 spiro atoms. The van der Waals surface area contributed by atoms with Gasteiger partial charge >= 0.3 is 0 Å². The van der Waals surface area contributed by atoms with Crippen molar-refractivity contribution in [1.29, 1.82) is 0 Å². The van der Waals surface area contributed by atoms with Crippen LogP contribution in [0.15, 0.2) is 34.2 Å². The van der Waals surface area contributed by atoms with Crippen LogP contribution < -0.4 is 0 Å². The van der Waals surface area contributed by atoms with E-state index in [1.165, 1.54) is 23.9 Å². The van der Waals surface area contributed by atoms with Gasteiger partial charge in [0.1, 0.15) is 5.03 Å². The smallest absolute Gasteiger partial charge is 0.269 e. The van der Waals surface area contributed by atoms with Crippen LogP contribution in [0.5, 0.6) is 0 Å². The quantitative estimate of drug-likeness (QED) is 0.487. The van der Waals surface area contributed by atoms with E-state index in [2.05, 4.69) is 5.10 Å². The van der Waals surface area contributed by atoms with Crippen molar-refractivity contribution >= 4 is 23.7 Å². The van der Waals surface area contributed by atoms with Crippen molar-refractivity contribution < 1.29 is 9.72 Å². The fourth-order valence-corrected chi connectivity index (χ4v) is 2.63. The van der Waals surface area contributed by atoms with Crippen LogP contribution in [0.4, 0.5) is 5.69 Å². The van der Waals surface area contributed by atoms with Crippen LogP contribution in [-0.4, -0.2) is 21.0 Å². The Morgan fingerprint density at radius 2 is 2.00 bits per heavy atom. The number of nitro benzene ring substituents is 1. The van der Waals surface area contributed by atoms with Crippen molar-refractivity contribution in [3.05, 3.63) is 45.6 Å². The second-order valence-electron chi connectivity index (χ2n) is 3.90. The van der Waals surface area contributed by atoms with E-state index in [1.54, 1.807) is 30.8 Å². The molecular formula is C12H11N3O3S. The van der Waals surface area contributed by atoms with Crippen molar-refractivity contribution in [2.75, 3.05) is 0 Å². The first-order chi connectivity index (χ1) is 9.02. The highest BCUT2D eigenvalue weighted by Gasteiger charge is 2.14. The maximum absolute atomic E-state index is 11.0. The normalized spacial score (nSPS) is 10.4. The molecule has 0 unspecified atom stereocenters. The van der Waals surface area contributed by atoms with Crippen LogP contribution in [0, 0.1) is 17.0 Å². The van der Waals surface area contributed by atoms with Gasteiger partial charge in [-0.3, -0.25) is 19.6 Å². The third kappa shape index (κ3) is 2.65. The van der Waals surface area contributed by atoms with Crippen molar-refractivity contribution in [1.82, 2.24) is 9.78 Å². The molecule has 1 aromatic heterocycles. The summed E-state index contributed by atoms with van der Waals surface area (Å²) >= 11 is 1.35. The maximum atomic E-state index is 11.0. The van der Waals surface area contributed by atoms with E-state index in [0.29, 0.717) is 11.3 Å². The van der Waals surface area contributed by atoms with Crippen LogP contribution in [0.3, 0.4) is 0 Å². The summed E-state index contributed by atoms with van der Waals surface area (Å²) in [5.74, 6) is 0. The topological polar surface area (TPSA) is 78.0 Å². The number of hydrogen-bond donors (Lipinski definition) is 0. The molecule has 0 atom stereocenters. The zero-order valence-electron chi connectivity index (χ0n) is 10.4. The number of hydrogen-bond acceptors (Lipinski definition) is 5. The summed E-state index contributed by atoms with van der Waals surface area (Å²) in [7, 11) is 1.76. The molecule has 19 heavy (non-hydrogen) atoms. The van der Waals surface area contributed by atoms with E-state index < -0.39 is 4.92 Å². The number of carbonyl (C=O) groups is 1. The van der Waals surface area contributed by atoms with E-state index >= 15 is 0 Å². The molecule has 1 heterocycles. The molecule has 7 heteroatoms. The Kier molecular flexibility index (Phi) is 3.66. The van der Waals surface area contributed by atoms with Gasteiger partial charge in [0.05, 0.1) is 16.2 Å². The fourth-order valence-electron chi connectivity index (χ4n) is 1.66. The van der Waals surface area contributed by atoms with Crippen LogP contribution >= 0.6 is 11.8 Å². The number of nitro groups is 1. The van der Waals surface area contributed by atoms with E-state index in [-0.39, 0.29) is 5.69 Å². The highest BCUT2D eigenvalue weighted by molar-refractivity contribution is 7.99. The largest absolute Gasteiger partial charge is 0.298 e. The maximum Gasteiger partial charge on any atom is 0.269 e. The Balaban J connectivity index is 2.31. The molecule has 0 aliphatic carbocycles. The fraction of sp³-hybridized carbons (Fsp3) is 0.167. The van der Waals surface area contributed by atoms with E-state index in [0.717, 1.165) is 16.2 Å². The Morgan fingerprint density at radius 3 is 2.53 bits per heavy atom. The number of non-ortho nitro benzene ring substituents is 1. The molecule has 0 bridgehead atoms. The van der Waals surface area contributed by atoms with Crippen LogP contribution in [0.2, 0.25) is 0 Å². The minimum absolute atomic E-state index is 0.0427. The summed E-state index contributed by atoms with van der Waals surface area (Å²) in [4.78, 5) is 22.0. The lowest BCUT2D eigenvalue weighted by Crippen LogP contribution is -1.93. The van der Waals surface area contributed by atoms with Gasteiger partial charge in [0, 0.05) is 24.1 Å². The number of benzene rings is 1. The van der Waals surface area contributed by atoms with Crippen molar-refractivity contribution in [2.24, 2.45) is 7.05 Å². The van der Waals surface area contributed by atoms with E-state index in [1.807, 2.05) is 0 Å². The molecule has 0 radical (unpaired) electrons. The van der Waals surface area contributed by atoms with Gasteiger partial charge in [-0.15, -0.1) is 0 Å². The average Bonchev–Trinajstić information content (AvgIpc) is 2.64. The number of carbonyl (C=O) groups excluding carboxylic acids is 1. The molecular weight excluding hydrogens is 266 g/mol. The van der Waals surface area contributed by atoms with Crippen molar-refractivity contribution in [2.45, 2.75) is 16.8 Å². The highest BCUT2D eigenvalue weighted by atomic mass is 32.2. The summed E-state index contributed by atoms with van der Waals surface area (Å²) in [6, 6.07) is 6.18. The number of aromatic nitrogens is 2. The summed E-state index contributed by atoms with van der Waals surface area (Å²) in [6.45, 7) is 1.77. The predicted molar refractivity (Wildman–Crippen MR) is 70.6 cm³/mol. The van der Waals surface area contributed by atoms with Crippen LogP contribution in [0.25, 0.3) is 0 Å². The minimum Gasteiger partial charge on any atom is -0.298 e. The second kappa shape index (κ2) is 5.23. The zero-order valence-corrected chi connectivity index (χ0v) is 11.2. The molecule has 0 saturated carbocycles. The molecule has 0 amide bonds. The van der Waals surface area contributed by atoms with Gasteiger partial charge in [-0.25, -0.2) is 0 Å². The Bertz CT molecular complexity index is 634. The first kappa shape index (κ1) is 13.3. The summed E-state index contributed by atoms with van der Waals surface area (Å²) in [5.41, 5.74) is 1.26. The third-order valence-electron chi connectivity index (χ3n) is 2.59. The zero-order chi connectivity index (χ0) is 14.0. The lowest BCUT2D eigenvalue weighted by molar-refractivity contribution is -0.384. The summed E-state index contributed by atoms with van der Waals surface area (Å²) in [6.07, 6.45) is 0.774.